The minimum Gasteiger partial charge on any atom is -0.377 e. The van der Waals surface area contributed by atoms with E-state index >= 15 is 0 Å². The normalized spacial score (nSPS) is 12.2. The Bertz CT molecular complexity index is 612. The summed E-state index contributed by atoms with van der Waals surface area (Å²) in [6, 6.07) is 7.26. The molecule has 0 saturated heterocycles. The van der Waals surface area contributed by atoms with E-state index in [1.54, 1.807) is 23.5 Å². The molecule has 1 atom stereocenters. The van der Waals surface area contributed by atoms with Gasteiger partial charge in [0.05, 0.1) is 15.4 Å². The summed E-state index contributed by atoms with van der Waals surface area (Å²) in [6.45, 7) is 4.11. The summed E-state index contributed by atoms with van der Waals surface area (Å²) < 4.78 is 0.489. The number of rotatable bonds is 4. The first kappa shape index (κ1) is 14.0. The molecule has 1 unspecified atom stereocenters. The van der Waals surface area contributed by atoms with Crippen molar-refractivity contribution in [2.24, 2.45) is 0 Å². The molecule has 0 aliphatic heterocycles. The zero-order valence-electron chi connectivity index (χ0n) is 10.5. The number of thiophene rings is 1. The summed E-state index contributed by atoms with van der Waals surface area (Å²) in [5, 5.41) is 16.2. The van der Waals surface area contributed by atoms with Crippen molar-refractivity contribution >= 4 is 38.6 Å². The number of hydrogen-bond acceptors (Lipinski definition) is 4. The molecule has 100 valence electrons. The van der Waals surface area contributed by atoms with E-state index < -0.39 is 4.92 Å². The molecule has 1 N–H and O–H groups in total. The Hall–Kier alpha value is -1.40. The van der Waals surface area contributed by atoms with Crippen molar-refractivity contribution in [2.75, 3.05) is 5.32 Å². The van der Waals surface area contributed by atoms with Crippen molar-refractivity contribution in [1.29, 1.82) is 0 Å². The van der Waals surface area contributed by atoms with E-state index in [0.717, 1.165) is 5.69 Å². The Morgan fingerprint density at radius 1 is 1.42 bits per heavy atom. The van der Waals surface area contributed by atoms with Crippen LogP contribution >= 0.6 is 27.3 Å². The first-order valence-corrected chi connectivity index (χ1v) is 7.40. The number of nitrogens with zero attached hydrogens (tertiary/aromatic N) is 1. The molecule has 6 heteroatoms. The second-order valence-corrected chi connectivity index (χ2v) is 6.06. The second kappa shape index (κ2) is 5.71. The third kappa shape index (κ3) is 3.13. The minimum atomic E-state index is -0.393. The van der Waals surface area contributed by atoms with Gasteiger partial charge in [-0.3, -0.25) is 10.1 Å². The van der Waals surface area contributed by atoms with Crippen LogP contribution in [0.2, 0.25) is 0 Å². The van der Waals surface area contributed by atoms with Gasteiger partial charge < -0.3 is 5.32 Å². The molecule has 0 amide bonds. The van der Waals surface area contributed by atoms with E-state index in [9.17, 15) is 10.1 Å². The number of anilines is 1. The summed E-state index contributed by atoms with van der Waals surface area (Å²) in [4.78, 5) is 11.7. The van der Waals surface area contributed by atoms with Gasteiger partial charge in [-0.25, -0.2) is 0 Å². The number of nitrogens with one attached hydrogen (secondary N) is 1. The monoisotopic (exact) mass is 340 g/mol. The lowest BCUT2D eigenvalue weighted by atomic mass is 10.2. The summed E-state index contributed by atoms with van der Waals surface area (Å²) in [5.41, 5.74) is 2.05. The molecular formula is C13H13BrN2O2S. The number of hydrogen-bond donors (Lipinski definition) is 1. The highest BCUT2D eigenvalue weighted by Gasteiger charge is 2.15. The first-order valence-electron chi connectivity index (χ1n) is 5.73. The van der Waals surface area contributed by atoms with E-state index in [1.807, 2.05) is 18.4 Å². The Kier molecular flexibility index (Phi) is 4.21. The van der Waals surface area contributed by atoms with Gasteiger partial charge in [0.1, 0.15) is 0 Å². The summed E-state index contributed by atoms with van der Waals surface area (Å²) in [7, 11) is 0. The summed E-state index contributed by atoms with van der Waals surface area (Å²) >= 11 is 4.87. The molecule has 1 aromatic heterocycles. The maximum atomic E-state index is 10.9. The molecule has 0 aliphatic rings. The molecule has 2 rings (SSSR count). The van der Waals surface area contributed by atoms with E-state index in [2.05, 4.69) is 34.2 Å². The molecule has 0 radical (unpaired) electrons. The van der Waals surface area contributed by atoms with Crippen molar-refractivity contribution in [3.8, 4) is 0 Å². The van der Waals surface area contributed by atoms with E-state index in [0.29, 0.717) is 4.47 Å². The predicted molar refractivity (Wildman–Crippen MR) is 81.9 cm³/mol. The van der Waals surface area contributed by atoms with Crippen molar-refractivity contribution in [1.82, 2.24) is 0 Å². The average molecular weight is 341 g/mol. The molecule has 0 fully saturated rings. The van der Waals surface area contributed by atoms with Crippen LogP contribution < -0.4 is 5.32 Å². The van der Waals surface area contributed by atoms with Crippen LogP contribution in [0.25, 0.3) is 0 Å². The van der Waals surface area contributed by atoms with Gasteiger partial charge in [0.2, 0.25) is 0 Å². The average Bonchev–Trinajstić information content (AvgIpc) is 2.77. The number of aryl methyl sites for hydroxylation is 1. The van der Waals surface area contributed by atoms with Gasteiger partial charge in [-0.05, 0) is 58.9 Å². The van der Waals surface area contributed by atoms with E-state index in [1.165, 1.54) is 10.4 Å². The fourth-order valence-electron chi connectivity index (χ4n) is 1.89. The first-order chi connectivity index (χ1) is 8.99. The van der Waals surface area contributed by atoms with E-state index in [-0.39, 0.29) is 11.7 Å². The molecule has 19 heavy (non-hydrogen) atoms. The highest BCUT2D eigenvalue weighted by atomic mass is 79.9. The smallest absolute Gasteiger partial charge is 0.285 e. The predicted octanol–water partition coefficient (Wildman–Crippen LogP) is 4.90. The van der Waals surface area contributed by atoms with Crippen LogP contribution in [-0.2, 0) is 0 Å². The fourth-order valence-corrected chi connectivity index (χ4v) is 3.21. The largest absolute Gasteiger partial charge is 0.377 e. The maximum Gasteiger partial charge on any atom is 0.285 e. The second-order valence-electron chi connectivity index (χ2n) is 4.26. The van der Waals surface area contributed by atoms with Gasteiger partial charge in [-0.2, -0.15) is 0 Å². The van der Waals surface area contributed by atoms with Gasteiger partial charge in [0.25, 0.3) is 5.69 Å². The van der Waals surface area contributed by atoms with Gasteiger partial charge in [0.15, 0.2) is 0 Å². The zero-order chi connectivity index (χ0) is 14.0. The van der Waals surface area contributed by atoms with Crippen LogP contribution in [-0.4, -0.2) is 4.92 Å². The molecular weight excluding hydrogens is 328 g/mol. The highest BCUT2D eigenvalue weighted by molar-refractivity contribution is 9.10. The van der Waals surface area contributed by atoms with Crippen LogP contribution in [0.1, 0.15) is 23.4 Å². The molecule has 2 aromatic rings. The molecule has 0 aliphatic carbocycles. The van der Waals surface area contributed by atoms with Crippen molar-refractivity contribution < 1.29 is 4.92 Å². The van der Waals surface area contributed by atoms with Crippen LogP contribution in [0.5, 0.6) is 0 Å². The van der Waals surface area contributed by atoms with Crippen LogP contribution in [0.15, 0.2) is 34.1 Å². The SMILES string of the molecule is Cc1ccsc1C(C)Nc1ccc(Br)c([N+](=O)[O-])c1. The highest BCUT2D eigenvalue weighted by Crippen LogP contribution is 2.31. The molecule has 0 bridgehead atoms. The van der Waals surface area contributed by atoms with Gasteiger partial charge in [0, 0.05) is 16.6 Å². The van der Waals surface area contributed by atoms with Gasteiger partial charge >= 0.3 is 0 Å². The Morgan fingerprint density at radius 2 is 2.16 bits per heavy atom. The molecule has 0 saturated carbocycles. The number of halogens is 1. The lowest BCUT2D eigenvalue weighted by molar-refractivity contribution is -0.385. The van der Waals surface area contributed by atoms with E-state index in [4.69, 9.17) is 0 Å². The number of benzene rings is 1. The van der Waals surface area contributed by atoms with Crippen LogP contribution in [0.3, 0.4) is 0 Å². The summed E-state index contributed by atoms with van der Waals surface area (Å²) in [5.74, 6) is 0. The molecule has 1 heterocycles. The molecule has 4 nitrogen and oxygen atoms in total. The number of nitro groups is 1. The van der Waals surface area contributed by atoms with Crippen molar-refractivity contribution in [3.05, 3.63) is 54.7 Å². The lowest BCUT2D eigenvalue weighted by Crippen LogP contribution is -2.06. The lowest BCUT2D eigenvalue weighted by Gasteiger charge is -2.15. The minimum absolute atomic E-state index is 0.0695. The number of nitro benzene ring substituents is 1. The summed E-state index contributed by atoms with van der Waals surface area (Å²) in [6.07, 6.45) is 0. The maximum absolute atomic E-state index is 10.9. The topological polar surface area (TPSA) is 55.2 Å². The third-order valence-corrected chi connectivity index (χ3v) is 4.69. The third-order valence-electron chi connectivity index (χ3n) is 2.82. The van der Waals surface area contributed by atoms with Crippen LogP contribution in [0.4, 0.5) is 11.4 Å². The Labute approximate surface area is 123 Å². The van der Waals surface area contributed by atoms with Crippen molar-refractivity contribution in [2.45, 2.75) is 19.9 Å². The van der Waals surface area contributed by atoms with Gasteiger partial charge in [-0.1, -0.05) is 0 Å². The zero-order valence-corrected chi connectivity index (χ0v) is 12.9. The standard InChI is InChI=1S/C13H13BrN2O2S/c1-8-5-6-19-13(8)9(2)15-10-3-4-11(14)12(7-10)16(17)18/h3-7,9,15H,1-2H3. The van der Waals surface area contributed by atoms with Gasteiger partial charge in [-0.15, -0.1) is 11.3 Å². The molecule has 0 spiro atoms. The quantitative estimate of drug-likeness (QED) is 0.636. The van der Waals surface area contributed by atoms with Crippen LogP contribution in [0, 0.1) is 17.0 Å². The van der Waals surface area contributed by atoms with Crippen molar-refractivity contribution in [3.63, 3.8) is 0 Å². The Morgan fingerprint density at radius 3 is 2.74 bits per heavy atom. The fraction of sp³-hybridized carbons (Fsp3) is 0.231. The molecule has 1 aromatic carbocycles. The Balaban J connectivity index is 2.22.